The number of hydrogen-bond acceptors (Lipinski definition) is 5. The lowest BCUT2D eigenvalue weighted by atomic mass is 9.70. The second-order valence-corrected chi connectivity index (χ2v) is 10.7. The van der Waals surface area contributed by atoms with Crippen LogP contribution in [-0.2, 0) is 10.2 Å². The van der Waals surface area contributed by atoms with Gasteiger partial charge in [-0.15, -0.1) is 0 Å². The minimum Gasteiger partial charge on any atom is -0.399 e. The Morgan fingerprint density at radius 2 is 1.79 bits per heavy atom. The van der Waals surface area contributed by atoms with Gasteiger partial charge in [0, 0.05) is 71.2 Å². The van der Waals surface area contributed by atoms with Crippen LogP contribution in [-0.4, -0.2) is 61.1 Å². The highest BCUT2D eigenvalue weighted by molar-refractivity contribution is 6.20. The molecule has 0 amide bonds. The molecule has 1 aromatic heterocycles. The molecule has 0 unspecified atom stereocenters. The molecule has 2 fully saturated rings. The quantitative estimate of drug-likeness (QED) is 0.562. The van der Waals surface area contributed by atoms with Crippen molar-refractivity contribution in [2.45, 2.75) is 45.1 Å². The van der Waals surface area contributed by atoms with E-state index >= 15 is 0 Å². The Morgan fingerprint density at radius 1 is 1.06 bits per heavy atom. The standard InChI is InChI=1S/C28H34N4O2/c1-17-14-21-22(16-24(17)32-8-6-19(7-9-32)31-10-12-34-13-11-31)28(2,3)27-25(26(21)33)20-5-4-18(29)15-23(20)30-27/h4-5,14-16,19,30H,6-13,29H2,1-3H3. The van der Waals surface area contributed by atoms with Crippen LogP contribution in [0.4, 0.5) is 11.4 Å². The summed E-state index contributed by atoms with van der Waals surface area (Å²) < 4.78 is 5.54. The van der Waals surface area contributed by atoms with Crippen molar-refractivity contribution in [1.29, 1.82) is 0 Å². The number of carbonyl (C=O) groups is 1. The average molecular weight is 459 g/mol. The molecule has 0 radical (unpaired) electrons. The van der Waals surface area contributed by atoms with E-state index in [0.717, 1.165) is 72.7 Å². The number of piperidine rings is 1. The second kappa shape index (κ2) is 7.85. The first-order valence-corrected chi connectivity index (χ1v) is 12.5. The van der Waals surface area contributed by atoms with Crippen LogP contribution < -0.4 is 10.6 Å². The maximum absolute atomic E-state index is 13.7. The van der Waals surface area contributed by atoms with E-state index in [1.807, 2.05) is 18.2 Å². The van der Waals surface area contributed by atoms with E-state index < -0.39 is 0 Å². The fraction of sp³-hybridized carbons (Fsp3) is 0.464. The molecular formula is C28H34N4O2. The van der Waals surface area contributed by atoms with E-state index in [-0.39, 0.29) is 11.2 Å². The Balaban J connectivity index is 1.34. The summed E-state index contributed by atoms with van der Waals surface area (Å²) in [6.45, 7) is 12.5. The van der Waals surface area contributed by atoms with Crippen molar-refractivity contribution in [2.75, 3.05) is 50.0 Å². The number of anilines is 2. The number of aromatic nitrogens is 1. The summed E-state index contributed by atoms with van der Waals surface area (Å²) in [4.78, 5) is 22.4. The number of carbonyl (C=O) groups excluding carboxylic acids is 1. The summed E-state index contributed by atoms with van der Waals surface area (Å²) in [6, 6.07) is 10.8. The molecule has 1 aliphatic carbocycles. The average Bonchev–Trinajstić information content (AvgIpc) is 3.23. The summed E-state index contributed by atoms with van der Waals surface area (Å²) in [5.74, 6) is 0.112. The summed E-state index contributed by atoms with van der Waals surface area (Å²) >= 11 is 0. The van der Waals surface area contributed by atoms with E-state index in [4.69, 9.17) is 10.5 Å². The molecule has 2 aromatic carbocycles. The predicted octanol–water partition coefficient (Wildman–Crippen LogP) is 4.23. The number of fused-ring (bicyclic) bond motifs is 4. The third kappa shape index (κ3) is 3.27. The van der Waals surface area contributed by atoms with E-state index in [0.29, 0.717) is 11.7 Å². The molecule has 6 heteroatoms. The number of ether oxygens (including phenoxy) is 1. The predicted molar refractivity (Wildman–Crippen MR) is 137 cm³/mol. The highest BCUT2D eigenvalue weighted by Crippen LogP contribution is 2.46. The second-order valence-electron chi connectivity index (χ2n) is 10.7. The lowest BCUT2D eigenvalue weighted by molar-refractivity contribution is 0.0115. The van der Waals surface area contributed by atoms with Gasteiger partial charge >= 0.3 is 0 Å². The third-order valence-corrected chi connectivity index (χ3v) is 8.30. The number of aromatic amines is 1. The van der Waals surface area contributed by atoms with Gasteiger partial charge in [-0.3, -0.25) is 9.69 Å². The molecule has 3 aliphatic rings. The van der Waals surface area contributed by atoms with Gasteiger partial charge in [-0.25, -0.2) is 0 Å². The van der Waals surface area contributed by atoms with Crippen molar-refractivity contribution in [2.24, 2.45) is 0 Å². The molecule has 34 heavy (non-hydrogen) atoms. The van der Waals surface area contributed by atoms with E-state index in [9.17, 15) is 4.79 Å². The highest BCUT2D eigenvalue weighted by atomic mass is 16.5. The van der Waals surface area contributed by atoms with Crippen LogP contribution in [0.25, 0.3) is 10.9 Å². The molecule has 0 bridgehead atoms. The zero-order valence-electron chi connectivity index (χ0n) is 20.4. The van der Waals surface area contributed by atoms with Crippen LogP contribution in [0, 0.1) is 6.92 Å². The summed E-state index contributed by atoms with van der Waals surface area (Å²) in [6.07, 6.45) is 2.35. The summed E-state index contributed by atoms with van der Waals surface area (Å²) in [7, 11) is 0. The van der Waals surface area contributed by atoms with Gasteiger partial charge in [-0.2, -0.15) is 0 Å². The number of nitrogens with one attached hydrogen (secondary N) is 1. The maximum Gasteiger partial charge on any atom is 0.195 e. The fourth-order valence-electron chi connectivity index (χ4n) is 6.35. The van der Waals surface area contributed by atoms with E-state index in [1.165, 1.54) is 24.1 Å². The SMILES string of the molecule is Cc1cc2c(cc1N1CCC(N3CCOCC3)CC1)C(C)(C)c1[nH]c3cc(N)ccc3c1C2=O. The Hall–Kier alpha value is -2.83. The van der Waals surface area contributed by atoms with Crippen LogP contribution in [0.2, 0.25) is 0 Å². The van der Waals surface area contributed by atoms with Gasteiger partial charge in [0.25, 0.3) is 0 Å². The largest absolute Gasteiger partial charge is 0.399 e. The van der Waals surface area contributed by atoms with Gasteiger partial charge in [0.2, 0.25) is 0 Å². The normalized spacial score (nSPS) is 21.0. The number of nitrogens with two attached hydrogens (primary N) is 1. The number of H-pyrrole nitrogens is 1. The number of ketones is 1. The number of nitrogen functional groups attached to an aromatic ring is 1. The number of morpholine rings is 1. The van der Waals surface area contributed by atoms with Crippen molar-refractivity contribution in [3.8, 4) is 0 Å². The molecule has 0 spiro atoms. The van der Waals surface area contributed by atoms with Gasteiger partial charge in [0.05, 0.1) is 18.8 Å². The summed E-state index contributed by atoms with van der Waals surface area (Å²) in [5.41, 5.74) is 13.5. The number of aryl methyl sites for hydroxylation is 1. The van der Waals surface area contributed by atoms with Crippen molar-refractivity contribution in [1.82, 2.24) is 9.88 Å². The van der Waals surface area contributed by atoms with E-state index in [2.05, 4.69) is 47.7 Å². The zero-order chi connectivity index (χ0) is 23.6. The highest BCUT2D eigenvalue weighted by Gasteiger charge is 2.40. The molecule has 2 aliphatic heterocycles. The topological polar surface area (TPSA) is 74.6 Å². The van der Waals surface area contributed by atoms with Crippen LogP contribution in [0.15, 0.2) is 30.3 Å². The lowest BCUT2D eigenvalue weighted by Crippen LogP contribution is -2.49. The Kier molecular flexibility index (Phi) is 5.01. The maximum atomic E-state index is 13.7. The van der Waals surface area contributed by atoms with E-state index in [1.54, 1.807) is 0 Å². The molecule has 3 heterocycles. The number of hydrogen-bond donors (Lipinski definition) is 2. The number of benzene rings is 2. The molecule has 3 N–H and O–H groups in total. The Labute approximate surface area is 201 Å². The van der Waals surface area contributed by atoms with Gasteiger partial charge in [0.15, 0.2) is 5.78 Å². The summed E-state index contributed by atoms with van der Waals surface area (Å²) in [5, 5.41) is 0.958. The number of rotatable bonds is 2. The first-order valence-electron chi connectivity index (χ1n) is 12.5. The zero-order valence-corrected chi connectivity index (χ0v) is 20.4. The fourth-order valence-corrected chi connectivity index (χ4v) is 6.35. The monoisotopic (exact) mass is 458 g/mol. The smallest absolute Gasteiger partial charge is 0.195 e. The van der Waals surface area contributed by atoms with Crippen molar-refractivity contribution < 1.29 is 9.53 Å². The molecule has 178 valence electrons. The Morgan fingerprint density at radius 3 is 2.53 bits per heavy atom. The van der Waals surface area contributed by atoms with Crippen molar-refractivity contribution >= 4 is 28.1 Å². The third-order valence-electron chi connectivity index (χ3n) is 8.30. The van der Waals surface area contributed by atoms with Crippen LogP contribution in [0.5, 0.6) is 0 Å². The molecule has 3 aromatic rings. The first kappa shape index (κ1) is 21.7. The first-order chi connectivity index (χ1) is 16.3. The van der Waals surface area contributed by atoms with Gasteiger partial charge < -0.3 is 20.4 Å². The molecular weight excluding hydrogens is 424 g/mol. The Bertz CT molecular complexity index is 1280. The minimum absolute atomic E-state index is 0.112. The number of nitrogens with zero attached hydrogens (tertiary/aromatic N) is 2. The lowest BCUT2D eigenvalue weighted by Gasteiger charge is -2.42. The van der Waals surface area contributed by atoms with Gasteiger partial charge in [-0.1, -0.05) is 19.9 Å². The van der Waals surface area contributed by atoms with Crippen molar-refractivity contribution in [3.63, 3.8) is 0 Å². The van der Waals surface area contributed by atoms with Crippen LogP contribution in [0.1, 0.15) is 59.4 Å². The van der Waals surface area contributed by atoms with Crippen molar-refractivity contribution in [3.05, 3.63) is 58.3 Å². The molecule has 0 saturated carbocycles. The van der Waals surface area contributed by atoms with Gasteiger partial charge in [0.1, 0.15) is 0 Å². The molecule has 2 saturated heterocycles. The van der Waals surface area contributed by atoms with Crippen LogP contribution >= 0.6 is 0 Å². The molecule has 6 rings (SSSR count). The molecule has 0 atom stereocenters. The minimum atomic E-state index is -0.305. The molecule has 6 nitrogen and oxygen atoms in total. The van der Waals surface area contributed by atoms with Gasteiger partial charge in [-0.05, 0) is 55.2 Å². The van der Waals surface area contributed by atoms with Crippen LogP contribution in [0.3, 0.4) is 0 Å².